The standard InChI is InChI=1S/C14H18N4OS2/c1-10(20-14-18-17-13(15-2)21-14)12(19)16-9-8-11-6-4-3-5-7-11/h3-7,10H,8-9H2,1-2H3,(H,15,17)(H,16,19)/t10-/m0/s1. The van der Waals surface area contributed by atoms with E-state index in [2.05, 4.69) is 33.0 Å². The summed E-state index contributed by atoms with van der Waals surface area (Å²) in [4.78, 5) is 12.0. The predicted octanol–water partition coefficient (Wildman–Crippen LogP) is 2.42. The quantitative estimate of drug-likeness (QED) is 0.766. The Bertz CT molecular complexity index is 573. The van der Waals surface area contributed by atoms with Gasteiger partial charge >= 0.3 is 0 Å². The molecule has 112 valence electrons. The minimum absolute atomic E-state index is 0.0251. The Morgan fingerprint density at radius 3 is 2.76 bits per heavy atom. The van der Waals surface area contributed by atoms with E-state index in [1.54, 1.807) is 7.05 Å². The molecule has 1 atom stereocenters. The lowest BCUT2D eigenvalue weighted by atomic mass is 10.1. The molecule has 0 radical (unpaired) electrons. The lowest BCUT2D eigenvalue weighted by Gasteiger charge is -2.10. The number of hydrogen-bond acceptors (Lipinski definition) is 6. The van der Waals surface area contributed by atoms with E-state index in [0.29, 0.717) is 6.54 Å². The summed E-state index contributed by atoms with van der Waals surface area (Å²) in [7, 11) is 1.80. The first-order valence-corrected chi connectivity index (χ1v) is 8.38. The van der Waals surface area contributed by atoms with Crippen LogP contribution in [0.3, 0.4) is 0 Å². The van der Waals surface area contributed by atoms with Crippen molar-refractivity contribution in [1.29, 1.82) is 0 Å². The van der Waals surface area contributed by atoms with Crippen LogP contribution in [-0.2, 0) is 11.2 Å². The fourth-order valence-electron chi connectivity index (χ4n) is 1.68. The monoisotopic (exact) mass is 322 g/mol. The zero-order chi connectivity index (χ0) is 15.1. The molecule has 1 aromatic carbocycles. The van der Waals surface area contributed by atoms with Crippen LogP contribution in [0.5, 0.6) is 0 Å². The van der Waals surface area contributed by atoms with E-state index >= 15 is 0 Å². The van der Waals surface area contributed by atoms with E-state index in [9.17, 15) is 4.79 Å². The van der Waals surface area contributed by atoms with E-state index in [1.165, 1.54) is 28.7 Å². The Morgan fingerprint density at radius 1 is 1.33 bits per heavy atom. The van der Waals surface area contributed by atoms with Gasteiger partial charge in [0, 0.05) is 13.6 Å². The molecule has 1 aromatic heterocycles. The third kappa shape index (κ3) is 5.02. The number of amides is 1. The van der Waals surface area contributed by atoms with Crippen molar-refractivity contribution in [2.24, 2.45) is 0 Å². The van der Waals surface area contributed by atoms with Gasteiger partial charge in [0.15, 0.2) is 4.34 Å². The van der Waals surface area contributed by atoms with Crippen LogP contribution in [0.2, 0.25) is 0 Å². The third-order valence-corrected chi connectivity index (χ3v) is 4.95. The molecule has 0 saturated carbocycles. The van der Waals surface area contributed by atoms with E-state index in [1.807, 2.05) is 25.1 Å². The molecule has 21 heavy (non-hydrogen) atoms. The molecule has 0 spiro atoms. The molecule has 2 rings (SSSR count). The molecule has 0 saturated heterocycles. The Morgan fingerprint density at radius 2 is 2.10 bits per heavy atom. The first-order valence-electron chi connectivity index (χ1n) is 6.68. The van der Waals surface area contributed by atoms with Crippen molar-refractivity contribution < 1.29 is 4.79 Å². The van der Waals surface area contributed by atoms with Gasteiger partial charge in [-0.15, -0.1) is 10.2 Å². The van der Waals surface area contributed by atoms with Crippen molar-refractivity contribution in [3.63, 3.8) is 0 Å². The van der Waals surface area contributed by atoms with E-state index in [-0.39, 0.29) is 11.2 Å². The fraction of sp³-hybridized carbons (Fsp3) is 0.357. The van der Waals surface area contributed by atoms with Crippen LogP contribution in [0.15, 0.2) is 34.7 Å². The van der Waals surface area contributed by atoms with Gasteiger partial charge in [-0.2, -0.15) is 0 Å². The first-order chi connectivity index (χ1) is 10.2. The number of carbonyl (C=O) groups excluding carboxylic acids is 1. The number of nitrogens with one attached hydrogen (secondary N) is 2. The lowest BCUT2D eigenvalue weighted by Crippen LogP contribution is -2.32. The Hall–Kier alpha value is -1.60. The highest BCUT2D eigenvalue weighted by Gasteiger charge is 2.16. The van der Waals surface area contributed by atoms with Gasteiger partial charge < -0.3 is 10.6 Å². The Labute approximate surface area is 132 Å². The minimum Gasteiger partial charge on any atom is -0.363 e. The third-order valence-electron chi connectivity index (χ3n) is 2.82. The zero-order valence-electron chi connectivity index (χ0n) is 12.0. The maximum absolute atomic E-state index is 12.0. The number of benzene rings is 1. The molecule has 1 heterocycles. The van der Waals surface area contributed by atoms with Crippen LogP contribution >= 0.6 is 23.1 Å². The number of rotatable bonds is 7. The summed E-state index contributed by atoms with van der Waals surface area (Å²) in [5.41, 5.74) is 1.22. The maximum Gasteiger partial charge on any atom is 0.233 e. The molecule has 7 heteroatoms. The van der Waals surface area contributed by atoms with Crippen molar-refractivity contribution in [1.82, 2.24) is 15.5 Å². The topological polar surface area (TPSA) is 66.9 Å². The summed E-state index contributed by atoms with van der Waals surface area (Å²) in [5.74, 6) is 0.0251. The molecule has 0 aliphatic heterocycles. The molecule has 1 amide bonds. The van der Waals surface area contributed by atoms with E-state index in [0.717, 1.165) is 15.9 Å². The first kappa shape index (κ1) is 15.8. The second-order valence-corrected chi connectivity index (χ2v) is 6.98. The van der Waals surface area contributed by atoms with Gasteiger partial charge in [0.1, 0.15) is 0 Å². The normalized spacial score (nSPS) is 11.9. The molecule has 0 fully saturated rings. The van der Waals surface area contributed by atoms with Crippen molar-refractivity contribution in [3.8, 4) is 0 Å². The van der Waals surface area contributed by atoms with Gasteiger partial charge in [0.2, 0.25) is 11.0 Å². The average molecular weight is 322 g/mol. The highest BCUT2D eigenvalue weighted by molar-refractivity contribution is 8.02. The van der Waals surface area contributed by atoms with Crippen molar-refractivity contribution >= 4 is 34.1 Å². The van der Waals surface area contributed by atoms with Gasteiger partial charge in [0.05, 0.1) is 5.25 Å². The summed E-state index contributed by atoms with van der Waals surface area (Å²) in [6.07, 6.45) is 0.840. The number of anilines is 1. The number of nitrogens with zero attached hydrogens (tertiary/aromatic N) is 2. The molecule has 2 aromatic rings. The number of carbonyl (C=O) groups is 1. The van der Waals surface area contributed by atoms with Gasteiger partial charge in [-0.1, -0.05) is 53.4 Å². The van der Waals surface area contributed by atoms with Crippen LogP contribution in [0.1, 0.15) is 12.5 Å². The second-order valence-electron chi connectivity index (χ2n) is 4.41. The molecule has 0 aliphatic rings. The maximum atomic E-state index is 12.0. The highest BCUT2D eigenvalue weighted by Crippen LogP contribution is 2.28. The molecular formula is C14H18N4OS2. The summed E-state index contributed by atoms with van der Waals surface area (Å²) >= 11 is 2.88. The van der Waals surface area contributed by atoms with Gasteiger partial charge in [-0.05, 0) is 18.9 Å². The van der Waals surface area contributed by atoms with E-state index < -0.39 is 0 Å². The predicted molar refractivity (Wildman–Crippen MR) is 87.9 cm³/mol. The summed E-state index contributed by atoms with van der Waals surface area (Å²) in [6, 6.07) is 10.1. The summed E-state index contributed by atoms with van der Waals surface area (Å²) in [5, 5.41) is 14.4. The van der Waals surface area contributed by atoms with Gasteiger partial charge in [-0.3, -0.25) is 4.79 Å². The lowest BCUT2D eigenvalue weighted by molar-refractivity contribution is -0.120. The van der Waals surface area contributed by atoms with Gasteiger partial charge in [-0.25, -0.2) is 0 Å². The SMILES string of the molecule is CNc1nnc(S[C@@H](C)C(=O)NCCc2ccccc2)s1. The number of aromatic nitrogens is 2. The van der Waals surface area contributed by atoms with Crippen LogP contribution in [0, 0.1) is 0 Å². The van der Waals surface area contributed by atoms with Crippen molar-refractivity contribution in [2.45, 2.75) is 22.9 Å². The summed E-state index contributed by atoms with van der Waals surface area (Å²) < 4.78 is 0.796. The van der Waals surface area contributed by atoms with Crippen LogP contribution in [0.4, 0.5) is 5.13 Å². The van der Waals surface area contributed by atoms with E-state index in [4.69, 9.17) is 0 Å². The summed E-state index contributed by atoms with van der Waals surface area (Å²) in [6.45, 7) is 2.52. The molecule has 5 nitrogen and oxygen atoms in total. The Balaban J connectivity index is 1.74. The molecular weight excluding hydrogens is 304 g/mol. The molecule has 0 aliphatic carbocycles. The second kappa shape index (κ2) is 7.99. The van der Waals surface area contributed by atoms with Crippen LogP contribution < -0.4 is 10.6 Å². The molecule has 0 bridgehead atoms. The van der Waals surface area contributed by atoms with Gasteiger partial charge in [0.25, 0.3) is 0 Å². The minimum atomic E-state index is -0.182. The Kier molecular flexibility index (Phi) is 6.01. The number of hydrogen-bond donors (Lipinski definition) is 2. The molecule has 2 N–H and O–H groups in total. The van der Waals surface area contributed by atoms with Crippen LogP contribution in [-0.4, -0.2) is 34.9 Å². The van der Waals surface area contributed by atoms with Crippen molar-refractivity contribution in [2.75, 3.05) is 18.9 Å². The largest absolute Gasteiger partial charge is 0.363 e. The molecule has 0 unspecified atom stereocenters. The average Bonchev–Trinajstić information content (AvgIpc) is 2.96. The highest BCUT2D eigenvalue weighted by atomic mass is 32.2. The zero-order valence-corrected chi connectivity index (χ0v) is 13.6. The fourth-order valence-corrected chi connectivity index (χ4v) is 3.56. The smallest absolute Gasteiger partial charge is 0.233 e. The van der Waals surface area contributed by atoms with Crippen molar-refractivity contribution in [3.05, 3.63) is 35.9 Å². The number of thioether (sulfide) groups is 1. The van der Waals surface area contributed by atoms with Crippen LogP contribution in [0.25, 0.3) is 0 Å².